The summed E-state index contributed by atoms with van der Waals surface area (Å²) < 4.78 is 41.7. The summed E-state index contributed by atoms with van der Waals surface area (Å²) in [6.45, 7) is 1.65. The van der Waals surface area contributed by atoms with Crippen LogP contribution in [0.3, 0.4) is 0 Å². The molecule has 0 radical (unpaired) electrons. The van der Waals surface area contributed by atoms with Gasteiger partial charge >= 0.3 is 0 Å². The Labute approximate surface area is 136 Å². The molecule has 24 heavy (non-hydrogen) atoms. The van der Waals surface area contributed by atoms with Gasteiger partial charge in [-0.15, -0.1) is 0 Å². The van der Waals surface area contributed by atoms with Crippen molar-refractivity contribution in [3.63, 3.8) is 0 Å². The molecule has 0 atom stereocenters. The van der Waals surface area contributed by atoms with Gasteiger partial charge in [-0.25, -0.2) is 18.2 Å². The minimum absolute atomic E-state index is 0.0742. The monoisotopic (exact) mass is 338 g/mol. The fraction of sp³-hybridized carbons (Fsp3) is 0.438. The predicted octanol–water partition coefficient (Wildman–Crippen LogP) is 2.70. The van der Waals surface area contributed by atoms with E-state index in [1.54, 1.807) is 4.90 Å². The summed E-state index contributed by atoms with van der Waals surface area (Å²) in [5.41, 5.74) is 0.0661. The van der Waals surface area contributed by atoms with Crippen molar-refractivity contribution in [2.75, 3.05) is 18.0 Å². The van der Waals surface area contributed by atoms with Gasteiger partial charge in [0.25, 0.3) is 11.5 Å². The fourth-order valence-electron chi connectivity index (χ4n) is 2.93. The van der Waals surface area contributed by atoms with Crippen molar-refractivity contribution in [3.05, 3.63) is 33.9 Å². The van der Waals surface area contributed by atoms with Gasteiger partial charge in [-0.2, -0.15) is 0 Å². The summed E-state index contributed by atoms with van der Waals surface area (Å²) in [6.07, 6.45) is -0.610. The van der Waals surface area contributed by atoms with E-state index in [-0.39, 0.29) is 54.1 Å². The van der Waals surface area contributed by atoms with Gasteiger partial charge in [0.05, 0.1) is 10.9 Å². The second-order valence-electron chi connectivity index (χ2n) is 6.09. The fourth-order valence-corrected chi connectivity index (χ4v) is 2.93. The van der Waals surface area contributed by atoms with Crippen LogP contribution in [0.5, 0.6) is 0 Å². The van der Waals surface area contributed by atoms with Crippen molar-refractivity contribution in [2.45, 2.75) is 25.7 Å². The lowest BCUT2D eigenvalue weighted by Gasteiger charge is -2.33. The van der Waals surface area contributed by atoms with Crippen LogP contribution in [0.2, 0.25) is 0 Å². The first-order valence-electron chi connectivity index (χ1n) is 7.58. The molecule has 1 aromatic heterocycles. The summed E-state index contributed by atoms with van der Waals surface area (Å²) >= 11 is 0. The van der Waals surface area contributed by atoms with Gasteiger partial charge in [-0.05, 0) is 19.1 Å². The van der Waals surface area contributed by atoms with Crippen molar-refractivity contribution in [3.8, 4) is 0 Å². The second-order valence-corrected chi connectivity index (χ2v) is 6.09. The van der Waals surface area contributed by atoms with E-state index >= 15 is 0 Å². The predicted molar refractivity (Wildman–Crippen MR) is 85.8 cm³/mol. The molecule has 128 valence electrons. The average Bonchev–Trinajstić information content (AvgIpc) is 2.51. The molecule has 5 nitrogen and oxygen atoms in total. The lowest BCUT2D eigenvalue weighted by molar-refractivity contribution is -0.0223. The van der Waals surface area contributed by atoms with E-state index < -0.39 is 17.3 Å². The van der Waals surface area contributed by atoms with E-state index in [9.17, 15) is 18.0 Å². The lowest BCUT2D eigenvalue weighted by Crippen LogP contribution is -2.42. The molecule has 8 heteroatoms. The van der Waals surface area contributed by atoms with Gasteiger partial charge in [0.1, 0.15) is 5.82 Å². The Kier molecular flexibility index (Phi) is 3.85. The third kappa shape index (κ3) is 2.76. The maximum absolute atomic E-state index is 13.7. The number of rotatable bonds is 2. The first-order chi connectivity index (χ1) is 11.2. The molecule has 1 fully saturated rings. The Morgan fingerprint density at radius 1 is 1.29 bits per heavy atom. The number of aromatic nitrogens is 2. The van der Waals surface area contributed by atoms with Crippen LogP contribution in [-0.4, -0.2) is 34.3 Å². The third-order valence-electron chi connectivity index (χ3n) is 4.30. The number of nitrogens with zero attached hydrogens (tertiary/aromatic N) is 3. The lowest BCUT2D eigenvalue weighted by atomic mass is 10.1. The van der Waals surface area contributed by atoms with E-state index in [0.717, 1.165) is 12.1 Å². The van der Waals surface area contributed by atoms with Crippen molar-refractivity contribution in [1.29, 1.82) is 5.41 Å². The number of hydrogen-bond acceptors (Lipinski definition) is 4. The van der Waals surface area contributed by atoms with Crippen LogP contribution in [0, 0.1) is 11.2 Å². The molecular formula is C16H17F3N4O. The van der Waals surface area contributed by atoms with Crippen LogP contribution < -0.4 is 10.5 Å². The van der Waals surface area contributed by atoms with Crippen molar-refractivity contribution >= 4 is 22.6 Å². The van der Waals surface area contributed by atoms with E-state index in [0.29, 0.717) is 0 Å². The van der Waals surface area contributed by atoms with Gasteiger partial charge < -0.3 is 10.3 Å². The maximum Gasteiger partial charge on any atom is 0.262 e. The molecule has 1 aromatic carbocycles. The quantitative estimate of drug-likeness (QED) is 0.857. The van der Waals surface area contributed by atoms with E-state index in [1.165, 1.54) is 18.5 Å². The van der Waals surface area contributed by atoms with Crippen LogP contribution in [0.25, 0.3) is 10.9 Å². The molecule has 1 N–H and O–H groups in total. The number of fused-ring (bicyclic) bond motifs is 1. The summed E-state index contributed by atoms with van der Waals surface area (Å²) in [6, 6.07) is 2.25. The highest BCUT2D eigenvalue weighted by Gasteiger charge is 2.35. The molecule has 1 aliphatic heterocycles. The second kappa shape index (κ2) is 5.61. The van der Waals surface area contributed by atoms with Crippen LogP contribution >= 0.6 is 0 Å². The van der Waals surface area contributed by atoms with Gasteiger partial charge in [0.15, 0.2) is 0 Å². The molecule has 3 rings (SSSR count). The van der Waals surface area contributed by atoms with Crippen molar-refractivity contribution in [1.82, 2.24) is 9.55 Å². The van der Waals surface area contributed by atoms with E-state index in [2.05, 4.69) is 4.98 Å². The number of nitrogens with one attached hydrogen (secondary N) is 1. The molecular weight excluding hydrogens is 321 g/mol. The maximum atomic E-state index is 13.7. The van der Waals surface area contributed by atoms with Crippen molar-refractivity contribution in [2.24, 2.45) is 7.05 Å². The largest absolute Gasteiger partial charge is 0.342 e. The Morgan fingerprint density at radius 3 is 2.50 bits per heavy atom. The zero-order valence-electron chi connectivity index (χ0n) is 13.4. The van der Waals surface area contributed by atoms with Gasteiger partial charge in [0.2, 0.25) is 5.95 Å². The first kappa shape index (κ1) is 16.5. The molecule has 2 heterocycles. The number of anilines is 1. The minimum Gasteiger partial charge on any atom is -0.342 e. The number of hydrogen-bond donors (Lipinski definition) is 1. The molecule has 2 aromatic rings. The standard InChI is InChI=1S/C16H17F3N4O/c1-9(20)11-7-10(17)8-12-13(11)21-15(22(2)14(12)24)23-5-3-16(18,19)4-6-23/h7-8,20H,3-6H2,1-2H3. The van der Waals surface area contributed by atoms with E-state index in [1.807, 2.05) is 0 Å². The highest BCUT2D eigenvalue weighted by atomic mass is 19.3. The van der Waals surface area contributed by atoms with Crippen molar-refractivity contribution < 1.29 is 13.2 Å². The molecule has 1 aliphatic rings. The Bertz CT molecular complexity index is 881. The zero-order chi connectivity index (χ0) is 17.6. The van der Waals surface area contributed by atoms with Gasteiger partial charge in [-0.1, -0.05) is 0 Å². The van der Waals surface area contributed by atoms with Crippen LogP contribution in [0.4, 0.5) is 19.1 Å². The number of piperidine rings is 1. The Morgan fingerprint density at radius 2 is 1.92 bits per heavy atom. The van der Waals surface area contributed by atoms with Crippen LogP contribution in [0.1, 0.15) is 25.3 Å². The Hall–Kier alpha value is -2.38. The highest BCUT2D eigenvalue weighted by Crippen LogP contribution is 2.30. The minimum atomic E-state index is -2.70. The van der Waals surface area contributed by atoms with Crippen LogP contribution in [0.15, 0.2) is 16.9 Å². The normalized spacial score (nSPS) is 17.3. The first-order valence-corrected chi connectivity index (χ1v) is 7.58. The average molecular weight is 338 g/mol. The third-order valence-corrected chi connectivity index (χ3v) is 4.30. The highest BCUT2D eigenvalue weighted by molar-refractivity contribution is 6.06. The van der Waals surface area contributed by atoms with E-state index in [4.69, 9.17) is 5.41 Å². The molecule has 0 unspecified atom stereocenters. The molecule has 0 bridgehead atoms. The zero-order valence-corrected chi connectivity index (χ0v) is 13.4. The summed E-state index contributed by atoms with van der Waals surface area (Å²) in [5.74, 6) is -3.06. The SMILES string of the molecule is CC(=N)c1cc(F)cc2c(=O)n(C)c(N3CCC(F)(F)CC3)nc12. The molecule has 0 amide bonds. The molecule has 0 spiro atoms. The Balaban J connectivity index is 2.18. The molecule has 0 saturated carbocycles. The van der Waals surface area contributed by atoms with Crippen LogP contribution in [-0.2, 0) is 7.05 Å². The number of alkyl halides is 2. The smallest absolute Gasteiger partial charge is 0.262 e. The topological polar surface area (TPSA) is 62.0 Å². The van der Waals surface area contributed by atoms with Gasteiger partial charge in [-0.3, -0.25) is 9.36 Å². The van der Waals surface area contributed by atoms with Gasteiger partial charge in [0, 0.05) is 44.3 Å². The number of halogens is 3. The molecule has 0 aliphatic carbocycles. The molecule has 1 saturated heterocycles. The summed E-state index contributed by atoms with van der Waals surface area (Å²) in [7, 11) is 1.48. The summed E-state index contributed by atoms with van der Waals surface area (Å²) in [5, 5.41) is 7.85. The summed E-state index contributed by atoms with van der Waals surface area (Å²) in [4.78, 5) is 18.6. The number of benzene rings is 1.